The molecular formula is C31H33F2N5O4S. The normalized spacial score (nSPS) is 15.8. The molecule has 2 aromatic carbocycles. The number of aryl methyl sites for hydroxylation is 2. The topological polar surface area (TPSA) is 101 Å². The maximum Gasteiger partial charge on any atom is 0.278 e. The minimum Gasteiger partial charge on any atom is -0.487 e. The van der Waals surface area contributed by atoms with E-state index in [0.717, 1.165) is 42.8 Å². The minimum absolute atomic E-state index is 0.0732. The number of sulfone groups is 1. The number of rotatable bonds is 8. The zero-order valence-corrected chi connectivity index (χ0v) is 25.2. The van der Waals surface area contributed by atoms with Crippen molar-refractivity contribution in [3.05, 3.63) is 66.0 Å². The molecule has 0 N–H and O–H groups in total. The van der Waals surface area contributed by atoms with Gasteiger partial charge in [-0.1, -0.05) is 35.5 Å². The highest BCUT2D eigenvalue weighted by molar-refractivity contribution is 7.91. The lowest BCUT2D eigenvalue weighted by molar-refractivity contribution is -0.0225. The van der Waals surface area contributed by atoms with E-state index in [0.29, 0.717) is 40.8 Å². The van der Waals surface area contributed by atoms with Gasteiger partial charge in [0.25, 0.3) is 5.92 Å². The van der Waals surface area contributed by atoms with Crippen LogP contribution in [0.2, 0.25) is 0 Å². The second kappa shape index (κ2) is 11.0. The molecule has 226 valence electrons. The first-order valence-electron chi connectivity index (χ1n) is 14.1. The Balaban J connectivity index is 1.76. The molecule has 1 aliphatic heterocycles. The van der Waals surface area contributed by atoms with E-state index in [4.69, 9.17) is 14.5 Å². The third-order valence-corrected chi connectivity index (χ3v) is 9.12. The number of alkyl halides is 2. The molecular weight excluding hydrogens is 576 g/mol. The average Bonchev–Trinajstić information content (AvgIpc) is 3.48. The summed E-state index contributed by atoms with van der Waals surface area (Å²) >= 11 is 0. The molecule has 1 saturated heterocycles. The molecule has 0 aliphatic carbocycles. The highest BCUT2D eigenvalue weighted by Gasteiger charge is 2.34. The van der Waals surface area contributed by atoms with Gasteiger partial charge >= 0.3 is 0 Å². The van der Waals surface area contributed by atoms with Gasteiger partial charge in [0.1, 0.15) is 5.75 Å². The summed E-state index contributed by atoms with van der Waals surface area (Å²) in [6, 6.07) is 14.4. The Morgan fingerprint density at radius 1 is 1.14 bits per heavy atom. The van der Waals surface area contributed by atoms with Gasteiger partial charge in [-0.05, 0) is 49.4 Å². The van der Waals surface area contributed by atoms with Crippen molar-refractivity contribution >= 4 is 31.8 Å². The number of aromatic nitrogens is 5. The van der Waals surface area contributed by atoms with Crippen LogP contribution in [0.1, 0.15) is 37.1 Å². The molecule has 6 rings (SSSR count). The van der Waals surface area contributed by atoms with Crippen LogP contribution in [0.5, 0.6) is 5.75 Å². The van der Waals surface area contributed by atoms with Crippen LogP contribution in [-0.4, -0.2) is 65.0 Å². The Kier molecular flexibility index (Phi) is 7.45. The zero-order chi connectivity index (χ0) is 30.5. The van der Waals surface area contributed by atoms with E-state index >= 15 is 0 Å². The summed E-state index contributed by atoms with van der Waals surface area (Å²) in [5, 5.41) is 8.72. The molecule has 0 unspecified atom stereocenters. The van der Waals surface area contributed by atoms with Gasteiger partial charge in [0.15, 0.2) is 16.4 Å². The van der Waals surface area contributed by atoms with Crippen LogP contribution in [0.4, 0.5) is 8.78 Å². The monoisotopic (exact) mass is 609 g/mol. The van der Waals surface area contributed by atoms with Crippen LogP contribution >= 0.6 is 0 Å². The largest absolute Gasteiger partial charge is 0.487 e. The lowest BCUT2D eigenvalue weighted by atomic mass is 9.86. The summed E-state index contributed by atoms with van der Waals surface area (Å²) in [5.74, 6) is -2.86. The molecule has 0 bridgehead atoms. The fourth-order valence-electron chi connectivity index (χ4n) is 6.18. The summed E-state index contributed by atoms with van der Waals surface area (Å²) in [4.78, 5) is 4.91. The van der Waals surface area contributed by atoms with Crippen LogP contribution in [0, 0.1) is 12.8 Å². The molecule has 1 aliphatic rings. The number of benzene rings is 2. The van der Waals surface area contributed by atoms with Crippen molar-refractivity contribution in [2.75, 3.05) is 26.1 Å². The summed E-state index contributed by atoms with van der Waals surface area (Å²) in [6.07, 6.45) is 4.34. The fourth-order valence-corrected chi connectivity index (χ4v) is 7.05. The molecule has 9 nitrogen and oxygen atoms in total. The van der Waals surface area contributed by atoms with Crippen molar-refractivity contribution in [3.63, 3.8) is 0 Å². The summed E-state index contributed by atoms with van der Waals surface area (Å²) in [6.45, 7) is 2.92. The second-order valence-electron chi connectivity index (χ2n) is 11.3. The maximum absolute atomic E-state index is 14.0. The molecule has 3 aromatic heterocycles. The Morgan fingerprint density at radius 3 is 2.49 bits per heavy atom. The summed E-state index contributed by atoms with van der Waals surface area (Å²) in [5.41, 5.74) is 4.68. The fraction of sp³-hybridized carbons (Fsp3) is 0.387. The van der Waals surface area contributed by atoms with E-state index in [1.54, 1.807) is 17.9 Å². The molecule has 4 heterocycles. The van der Waals surface area contributed by atoms with E-state index < -0.39 is 22.4 Å². The van der Waals surface area contributed by atoms with E-state index in [2.05, 4.69) is 10.3 Å². The number of nitrogens with zero attached hydrogens (tertiary/aromatic N) is 5. The van der Waals surface area contributed by atoms with Gasteiger partial charge in [-0.25, -0.2) is 21.9 Å². The molecule has 0 amide bonds. The number of ether oxygens (including phenoxy) is 2. The van der Waals surface area contributed by atoms with Crippen molar-refractivity contribution in [2.24, 2.45) is 13.0 Å². The van der Waals surface area contributed by atoms with Crippen molar-refractivity contribution < 1.29 is 26.7 Å². The third kappa shape index (κ3) is 5.49. The van der Waals surface area contributed by atoms with Crippen molar-refractivity contribution in [1.29, 1.82) is 0 Å². The van der Waals surface area contributed by atoms with Gasteiger partial charge in [0.05, 0.1) is 44.3 Å². The zero-order valence-electron chi connectivity index (χ0n) is 24.4. The first-order chi connectivity index (χ1) is 20.4. The molecule has 0 saturated carbocycles. The van der Waals surface area contributed by atoms with Gasteiger partial charge < -0.3 is 14.0 Å². The molecule has 1 atom stereocenters. The quantitative estimate of drug-likeness (QED) is 0.221. The molecule has 0 radical (unpaired) electrons. The minimum atomic E-state index is -3.77. The van der Waals surface area contributed by atoms with Crippen molar-refractivity contribution in [1.82, 2.24) is 24.5 Å². The van der Waals surface area contributed by atoms with Gasteiger partial charge in [0.2, 0.25) is 0 Å². The van der Waals surface area contributed by atoms with Gasteiger partial charge in [0, 0.05) is 45.2 Å². The lowest BCUT2D eigenvalue weighted by Crippen LogP contribution is -2.27. The van der Waals surface area contributed by atoms with Crippen LogP contribution in [0.25, 0.3) is 33.2 Å². The predicted molar refractivity (Wildman–Crippen MR) is 159 cm³/mol. The number of hydrogen-bond acceptors (Lipinski definition) is 7. The SMILES string of the molecule is Cc1nnn(C)c1-c1cnc2c3c(OCC(C)(F)F)ccc(S(C)(=O)=O)c3n([C@H](c3ccccc3)C3CCOCC3)c2c1. The Hall–Kier alpha value is -3.90. The Labute approximate surface area is 248 Å². The number of pyridine rings is 1. The first-order valence-corrected chi connectivity index (χ1v) is 16.0. The molecule has 12 heteroatoms. The molecule has 43 heavy (non-hydrogen) atoms. The molecule has 0 spiro atoms. The molecule has 5 aromatic rings. The average molecular weight is 610 g/mol. The van der Waals surface area contributed by atoms with Gasteiger partial charge in [-0.3, -0.25) is 4.98 Å². The highest BCUT2D eigenvalue weighted by Crippen LogP contribution is 2.45. The maximum atomic E-state index is 14.0. The van der Waals surface area contributed by atoms with Gasteiger partial charge in [-0.2, -0.15) is 0 Å². The Bertz CT molecular complexity index is 1890. The van der Waals surface area contributed by atoms with Crippen LogP contribution in [-0.2, 0) is 21.6 Å². The smallest absolute Gasteiger partial charge is 0.278 e. The predicted octanol–water partition coefficient (Wildman–Crippen LogP) is 5.75. The third-order valence-electron chi connectivity index (χ3n) is 7.99. The lowest BCUT2D eigenvalue weighted by Gasteiger charge is -2.33. The van der Waals surface area contributed by atoms with E-state index in [9.17, 15) is 17.2 Å². The summed E-state index contributed by atoms with van der Waals surface area (Å²) in [7, 11) is -1.98. The van der Waals surface area contributed by atoms with Gasteiger partial charge in [-0.15, -0.1) is 5.10 Å². The van der Waals surface area contributed by atoms with Crippen LogP contribution < -0.4 is 4.74 Å². The van der Waals surface area contributed by atoms with E-state index in [1.807, 2.05) is 47.9 Å². The van der Waals surface area contributed by atoms with Crippen molar-refractivity contribution in [2.45, 2.75) is 43.5 Å². The Morgan fingerprint density at radius 2 is 1.86 bits per heavy atom. The number of halogens is 2. The van der Waals surface area contributed by atoms with Crippen LogP contribution in [0.3, 0.4) is 0 Å². The van der Waals surface area contributed by atoms with Crippen molar-refractivity contribution in [3.8, 4) is 17.0 Å². The standard InChI is InChI=1S/C31H33F2N5O4S/c1-19-28(37(3)36-35-19)22-16-23-27(34-17-22)26-24(42-18-31(2,32)33)10-11-25(43(4,39)40)30(26)38(23)29(20-8-6-5-7-9-20)21-12-14-41-15-13-21/h5-11,16-17,21,29H,12-15,18H2,1-4H3/t29-/m1/s1. The highest BCUT2D eigenvalue weighted by atomic mass is 32.2. The summed E-state index contributed by atoms with van der Waals surface area (Å²) < 4.78 is 69.8. The second-order valence-corrected chi connectivity index (χ2v) is 13.3. The number of fused-ring (bicyclic) bond motifs is 3. The van der Waals surface area contributed by atoms with E-state index in [-0.39, 0.29) is 22.6 Å². The molecule has 1 fully saturated rings. The van der Waals surface area contributed by atoms with Crippen LogP contribution in [0.15, 0.2) is 59.6 Å². The number of hydrogen-bond donors (Lipinski definition) is 0. The van der Waals surface area contributed by atoms with E-state index in [1.165, 1.54) is 12.1 Å². The first kappa shape index (κ1) is 29.2.